The van der Waals surface area contributed by atoms with Crippen molar-refractivity contribution in [3.8, 4) is 5.75 Å². The summed E-state index contributed by atoms with van der Waals surface area (Å²) in [6.07, 6.45) is -2.39. The third-order valence-corrected chi connectivity index (χ3v) is 2.74. The molecule has 1 unspecified atom stereocenters. The molecule has 5 nitrogen and oxygen atoms in total. The van der Waals surface area contributed by atoms with E-state index in [1.807, 2.05) is 0 Å². The van der Waals surface area contributed by atoms with Crippen LogP contribution in [0.2, 0.25) is 0 Å². The van der Waals surface area contributed by atoms with Gasteiger partial charge in [-0.15, -0.1) is 0 Å². The number of rotatable bonds is 5. The maximum absolute atomic E-state index is 12.2. The lowest BCUT2D eigenvalue weighted by molar-refractivity contribution is -0.153. The summed E-state index contributed by atoms with van der Waals surface area (Å²) in [6.45, 7) is 0.0776. The molecular formula is C15H13F3N2O3. The predicted octanol–water partition coefficient (Wildman–Crippen LogP) is 3.34. The second kappa shape index (κ2) is 7.08. The summed E-state index contributed by atoms with van der Waals surface area (Å²) in [4.78, 5) is 19.9. The maximum Gasteiger partial charge on any atom is 0.422 e. The Morgan fingerprint density at radius 2 is 1.91 bits per heavy atom. The largest absolute Gasteiger partial charge is 0.482 e. The fraction of sp³-hybridized carbons (Fsp3) is 0.267. The number of hydrogen-bond donors (Lipinski definition) is 0. The summed E-state index contributed by atoms with van der Waals surface area (Å²) >= 11 is 0. The number of hydrogen-bond acceptors (Lipinski definition) is 5. The van der Waals surface area contributed by atoms with Crippen LogP contribution >= 0.6 is 0 Å². The average Bonchev–Trinajstić information content (AvgIpc) is 2.53. The van der Waals surface area contributed by atoms with Crippen LogP contribution in [0, 0.1) is 0 Å². The van der Waals surface area contributed by atoms with Gasteiger partial charge in [-0.2, -0.15) is 13.2 Å². The van der Waals surface area contributed by atoms with Crippen LogP contribution in [0.1, 0.15) is 29.2 Å². The highest BCUT2D eigenvalue weighted by molar-refractivity contribution is 5.90. The molecule has 0 aliphatic carbocycles. The highest BCUT2D eigenvalue weighted by Crippen LogP contribution is 2.23. The van der Waals surface area contributed by atoms with E-state index in [4.69, 9.17) is 4.74 Å². The first-order chi connectivity index (χ1) is 10.9. The zero-order chi connectivity index (χ0) is 16.9. The van der Waals surface area contributed by atoms with Gasteiger partial charge in [0, 0.05) is 12.4 Å². The van der Waals surface area contributed by atoms with E-state index in [9.17, 15) is 18.0 Å². The Labute approximate surface area is 130 Å². The minimum absolute atomic E-state index is 0.289. The molecule has 2 aromatic rings. The van der Waals surface area contributed by atoms with E-state index in [1.165, 1.54) is 24.5 Å². The van der Waals surface area contributed by atoms with Crippen LogP contribution in [0.4, 0.5) is 13.2 Å². The van der Waals surface area contributed by atoms with Crippen molar-refractivity contribution in [2.24, 2.45) is 0 Å². The first-order valence-corrected chi connectivity index (χ1v) is 6.63. The van der Waals surface area contributed by atoms with Crippen molar-refractivity contribution in [3.05, 3.63) is 54.1 Å². The number of carbonyl (C=O) groups excluding carboxylic acids is 1. The summed E-state index contributed by atoms with van der Waals surface area (Å²) in [7, 11) is 0. The van der Waals surface area contributed by atoms with Gasteiger partial charge in [0.1, 0.15) is 6.10 Å². The zero-order valence-corrected chi connectivity index (χ0v) is 12.1. The van der Waals surface area contributed by atoms with Crippen LogP contribution in [-0.4, -0.2) is 28.7 Å². The number of alkyl halides is 3. The van der Waals surface area contributed by atoms with Crippen LogP contribution in [0.15, 0.2) is 42.7 Å². The fourth-order valence-electron chi connectivity index (χ4n) is 1.71. The van der Waals surface area contributed by atoms with E-state index in [2.05, 4.69) is 14.7 Å². The van der Waals surface area contributed by atoms with Gasteiger partial charge in [0.2, 0.25) is 0 Å². The topological polar surface area (TPSA) is 61.3 Å². The van der Waals surface area contributed by atoms with Gasteiger partial charge in [-0.05, 0) is 31.2 Å². The lowest BCUT2D eigenvalue weighted by Crippen LogP contribution is -2.21. The molecule has 0 aliphatic heterocycles. The number of pyridine rings is 2. The standard InChI is InChI=1S/C15H13F3N2O3/c1-10(11-5-2-3-7-19-11)23-14(21)13-12(6-4-8-20-13)22-9-15(16,17)18/h2-8,10H,9H2,1H3. The van der Waals surface area contributed by atoms with Gasteiger partial charge < -0.3 is 9.47 Å². The van der Waals surface area contributed by atoms with Gasteiger partial charge in [0.15, 0.2) is 18.1 Å². The Balaban J connectivity index is 2.10. The Morgan fingerprint density at radius 1 is 1.17 bits per heavy atom. The number of esters is 1. The monoisotopic (exact) mass is 326 g/mol. The molecular weight excluding hydrogens is 313 g/mol. The van der Waals surface area contributed by atoms with Crippen molar-refractivity contribution in [2.45, 2.75) is 19.2 Å². The summed E-state index contributed by atoms with van der Waals surface area (Å²) in [5.74, 6) is -1.18. The smallest absolute Gasteiger partial charge is 0.422 e. The zero-order valence-electron chi connectivity index (χ0n) is 12.1. The Hall–Kier alpha value is -2.64. The minimum atomic E-state index is -4.52. The molecule has 0 amide bonds. The van der Waals surface area contributed by atoms with Crippen molar-refractivity contribution in [1.82, 2.24) is 9.97 Å². The SMILES string of the molecule is CC(OC(=O)c1ncccc1OCC(F)(F)F)c1ccccn1. The summed E-state index contributed by atoms with van der Waals surface area (Å²) in [5.41, 5.74) is 0.189. The van der Waals surface area contributed by atoms with Crippen molar-refractivity contribution in [2.75, 3.05) is 6.61 Å². The van der Waals surface area contributed by atoms with Gasteiger partial charge in [0.05, 0.1) is 5.69 Å². The first-order valence-electron chi connectivity index (χ1n) is 6.63. The van der Waals surface area contributed by atoms with E-state index in [0.29, 0.717) is 5.69 Å². The van der Waals surface area contributed by atoms with Crippen molar-refractivity contribution < 1.29 is 27.4 Å². The molecule has 23 heavy (non-hydrogen) atoms. The van der Waals surface area contributed by atoms with Gasteiger partial charge in [-0.25, -0.2) is 9.78 Å². The quantitative estimate of drug-likeness (QED) is 0.789. The second-order valence-electron chi connectivity index (χ2n) is 4.56. The van der Waals surface area contributed by atoms with Crippen LogP contribution in [-0.2, 0) is 4.74 Å². The molecule has 2 heterocycles. The molecule has 0 saturated carbocycles. The van der Waals surface area contributed by atoms with Gasteiger partial charge in [0.25, 0.3) is 0 Å². The van der Waals surface area contributed by atoms with E-state index >= 15 is 0 Å². The molecule has 8 heteroatoms. The van der Waals surface area contributed by atoms with E-state index in [-0.39, 0.29) is 11.4 Å². The van der Waals surface area contributed by atoms with Crippen molar-refractivity contribution in [3.63, 3.8) is 0 Å². The number of aromatic nitrogens is 2. The van der Waals surface area contributed by atoms with Crippen molar-refractivity contribution in [1.29, 1.82) is 0 Å². The Bertz CT molecular complexity index is 663. The van der Waals surface area contributed by atoms with Crippen molar-refractivity contribution >= 4 is 5.97 Å². The third-order valence-electron chi connectivity index (χ3n) is 2.74. The normalized spacial score (nSPS) is 12.5. The van der Waals surface area contributed by atoms with Gasteiger partial charge in [-0.1, -0.05) is 6.07 Å². The molecule has 0 saturated heterocycles. The number of nitrogens with zero attached hydrogens (tertiary/aromatic N) is 2. The third kappa shape index (κ3) is 4.94. The lowest BCUT2D eigenvalue weighted by atomic mass is 10.2. The predicted molar refractivity (Wildman–Crippen MR) is 73.9 cm³/mol. The summed E-state index contributed by atoms with van der Waals surface area (Å²) < 4.78 is 46.5. The fourth-order valence-corrected chi connectivity index (χ4v) is 1.71. The van der Waals surface area contributed by atoms with E-state index in [1.54, 1.807) is 25.1 Å². The van der Waals surface area contributed by atoms with Crippen LogP contribution in [0.3, 0.4) is 0 Å². The molecule has 0 spiro atoms. The van der Waals surface area contributed by atoms with Crippen LogP contribution < -0.4 is 4.74 Å². The Kier molecular flexibility index (Phi) is 5.15. The molecule has 2 rings (SSSR count). The summed E-state index contributed by atoms with van der Waals surface area (Å²) in [5, 5.41) is 0. The first kappa shape index (κ1) is 16.7. The van der Waals surface area contributed by atoms with Gasteiger partial charge >= 0.3 is 12.1 Å². The molecule has 1 atom stereocenters. The molecule has 122 valence electrons. The number of carbonyl (C=O) groups is 1. The molecule has 2 aromatic heterocycles. The Morgan fingerprint density at radius 3 is 2.57 bits per heavy atom. The number of ether oxygens (including phenoxy) is 2. The van der Waals surface area contributed by atoms with E-state index < -0.39 is 24.9 Å². The molecule has 0 aromatic carbocycles. The highest BCUT2D eigenvalue weighted by Gasteiger charge is 2.30. The average molecular weight is 326 g/mol. The minimum Gasteiger partial charge on any atom is -0.482 e. The van der Waals surface area contributed by atoms with E-state index in [0.717, 1.165) is 0 Å². The van der Waals surface area contributed by atoms with Crippen LogP contribution in [0.25, 0.3) is 0 Å². The molecule has 0 N–H and O–H groups in total. The van der Waals surface area contributed by atoms with Gasteiger partial charge in [-0.3, -0.25) is 4.98 Å². The molecule has 0 bridgehead atoms. The maximum atomic E-state index is 12.2. The second-order valence-corrected chi connectivity index (χ2v) is 4.56. The highest BCUT2D eigenvalue weighted by atomic mass is 19.4. The van der Waals surface area contributed by atoms with Crippen LogP contribution in [0.5, 0.6) is 5.75 Å². The lowest BCUT2D eigenvalue weighted by Gasteiger charge is -2.15. The number of halogens is 3. The molecule has 0 fully saturated rings. The molecule has 0 radical (unpaired) electrons. The summed E-state index contributed by atoms with van der Waals surface area (Å²) in [6, 6.07) is 7.69. The molecule has 0 aliphatic rings.